The van der Waals surface area contributed by atoms with Gasteiger partial charge in [-0.3, -0.25) is 4.79 Å². The first-order valence-electron chi connectivity index (χ1n) is 6.48. The van der Waals surface area contributed by atoms with Gasteiger partial charge in [0.25, 0.3) is 5.91 Å². The molecule has 0 spiro atoms. The molecule has 106 valence electrons. The number of fused-ring (bicyclic) bond motifs is 1. The highest BCUT2D eigenvalue weighted by Crippen LogP contribution is 2.20. The first-order chi connectivity index (χ1) is 10.2. The van der Waals surface area contributed by atoms with E-state index < -0.39 is 0 Å². The quantitative estimate of drug-likeness (QED) is 0.799. The molecule has 0 bridgehead atoms. The third-order valence-corrected chi connectivity index (χ3v) is 3.10. The minimum absolute atomic E-state index is 0.183. The van der Waals surface area contributed by atoms with Crippen LogP contribution in [0, 0.1) is 6.92 Å². The number of methoxy groups -OCH3 is 1. The number of oxazole rings is 1. The molecule has 0 aliphatic rings. The van der Waals surface area contributed by atoms with Crippen LogP contribution >= 0.6 is 0 Å². The molecule has 0 aliphatic heterocycles. The number of carbonyl (C=O) groups excluding carboxylic acids is 1. The zero-order chi connectivity index (χ0) is 14.8. The van der Waals surface area contributed by atoms with Gasteiger partial charge in [0.05, 0.1) is 7.11 Å². The normalized spacial score (nSPS) is 10.6. The number of carbonyl (C=O) groups is 1. The molecular formula is C16H14N2O3. The number of hydrogen-bond acceptors (Lipinski definition) is 4. The molecule has 0 atom stereocenters. The zero-order valence-corrected chi connectivity index (χ0v) is 11.7. The molecule has 5 heteroatoms. The average molecular weight is 282 g/mol. The fraction of sp³-hybridized carbons (Fsp3) is 0.125. The maximum atomic E-state index is 12.2. The van der Waals surface area contributed by atoms with Crippen molar-refractivity contribution in [2.24, 2.45) is 0 Å². The Balaban J connectivity index is 1.81. The third kappa shape index (κ3) is 2.72. The van der Waals surface area contributed by atoms with Gasteiger partial charge in [-0.1, -0.05) is 0 Å². The van der Waals surface area contributed by atoms with Crippen LogP contribution in [0.2, 0.25) is 0 Å². The number of nitrogens with one attached hydrogen (secondary N) is 1. The van der Waals surface area contributed by atoms with E-state index in [4.69, 9.17) is 9.15 Å². The van der Waals surface area contributed by atoms with Gasteiger partial charge < -0.3 is 14.5 Å². The van der Waals surface area contributed by atoms with Gasteiger partial charge in [-0.2, -0.15) is 0 Å². The molecule has 0 saturated carbocycles. The second-order valence-electron chi connectivity index (χ2n) is 4.60. The zero-order valence-electron chi connectivity index (χ0n) is 11.7. The number of hydrogen-bond donors (Lipinski definition) is 1. The molecule has 0 unspecified atom stereocenters. The van der Waals surface area contributed by atoms with E-state index in [1.54, 1.807) is 56.5 Å². The number of amides is 1. The van der Waals surface area contributed by atoms with Crippen LogP contribution in [0.4, 0.5) is 5.69 Å². The van der Waals surface area contributed by atoms with Gasteiger partial charge in [0.2, 0.25) is 0 Å². The molecule has 0 radical (unpaired) electrons. The summed E-state index contributed by atoms with van der Waals surface area (Å²) in [5.74, 6) is 1.13. The van der Waals surface area contributed by atoms with Crippen molar-refractivity contribution in [1.82, 2.24) is 4.98 Å². The Morgan fingerprint density at radius 3 is 2.67 bits per heavy atom. The van der Waals surface area contributed by atoms with E-state index in [9.17, 15) is 4.79 Å². The SMILES string of the molecule is COc1ccc(C(=O)Nc2ccc3oc(C)nc3c2)cc1. The second kappa shape index (κ2) is 5.28. The van der Waals surface area contributed by atoms with E-state index in [0.29, 0.717) is 28.5 Å². The molecule has 1 amide bonds. The summed E-state index contributed by atoms with van der Waals surface area (Å²) in [4.78, 5) is 16.4. The predicted molar refractivity (Wildman–Crippen MR) is 79.7 cm³/mol. The van der Waals surface area contributed by atoms with Crippen molar-refractivity contribution in [3.8, 4) is 5.75 Å². The van der Waals surface area contributed by atoms with Gasteiger partial charge >= 0.3 is 0 Å². The van der Waals surface area contributed by atoms with Crippen LogP contribution in [0.25, 0.3) is 11.1 Å². The number of benzene rings is 2. The highest BCUT2D eigenvalue weighted by atomic mass is 16.5. The number of aromatic nitrogens is 1. The Labute approximate surface area is 121 Å². The van der Waals surface area contributed by atoms with E-state index in [1.165, 1.54) is 0 Å². The lowest BCUT2D eigenvalue weighted by Gasteiger charge is -2.06. The standard InChI is InChI=1S/C16H14N2O3/c1-10-17-14-9-12(5-8-15(14)21-10)18-16(19)11-3-6-13(20-2)7-4-11/h3-9H,1-2H3,(H,18,19). The summed E-state index contributed by atoms with van der Waals surface area (Å²) >= 11 is 0. The number of aryl methyl sites for hydroxylation is 1. The van der Waals surface area contributed by atoms with E-state index in [-0.39, 0.29) is 5.91 Å². The lowest BCUT2D eigenvalue weighted by Crippen LogP contribution is -2.11. The first kappa shape index (κ1) is 13.2. The van der Waals surface area contributed by atoms with Crippen LogP contribution in [-0.4, -0.2) is 18.0 Å². The number of rotatable bonds is 3. The third-order valence-electron chi connectivity index (χ3n) is 3.10. The van der Waals surface area contributed by atoms with Crippen molar-refractivity contribution in [3.63, 3.8) is 0 Å². The van der Waals surface area contributed by atoms with Crippen molar-refractivity contribution in [2.75, 3.05) is 12.4 Å². The topological polar surface area (TPSA) is 64.4 Å². The molecular weight excluding hydrogens is 268 g/mol. The van der Waals surface area contributed by atoms with E-state index >= 15 is 0 Å². The molecule has 3 rings (SSSR count). The molecule has 0 saturated heterocycles. The monoisotopic (exact) mass is 282 g/mol. The Kier molecular flexibility index (Phi) is 3.31. The maximum Gasteiger partial charge on any atom is 0.255 e. The van der Waals surface area contributed by atoms with Crippen LogP contribution in [0.5, 0.6) is 5.75 Å². The van der Waals surface area contributed by atoms with Gasteiger partial charge in [-0.25, -0.2) is 4.98 Å². The smallest absolute Gasteiger partial charge is 0.255 e. The predicted octanol–water partition coefficient (Wildman–Crippen LogP) is 3.40. The van der Waals surface area contributed by atoms with Gasteiger partial charge in [-0.05, 0) is 42.5 Å². The summed E-state index contributed by atoms with van der Waals surface area (Å²) in [6.45, 7) is 1.79. The van der Waals surface area contributed by atoms with Crippen molar-refractivity contribution < 1.29 is 13.9 Å². The lowest BCUT2D eigenvalue weighted by molar-refractivity contribution is 0.102. The summed E-state index contributed by atoms with van der Waals surface area (Å²) in [6, 6.07) is 12.3. The van der Waals surface area contributed by atoms with Crippen LogP contribution in [0.1, 0.15) is 16.2 Å². The molecule has 1 heterocycles. The van der Waals surface area contributed by atoms with E-state index in [0.717, 1.165) is 5.52 Å². The maximum absolute atomic E-state index is 12.2. The minimum Gasteiger partial charge on any atom is -0.497 e. The Morgan fingerprint density at radius 2 is 1.95 bits per heavy atom. The van der Waals surface area contributed by atoms with Gasteiger partial charge in [0.15, 0.2) is 11.5 Å². The van der Waals surface area contributed by atoms with Crippen LogP contribution in [0.15, 0.2) is 46.9 Å². The van der Waals surface area contributed by atoms with Gasteiger partial charge in [0.1, 0.15) is 11.3 Å². The highest BCUT2D eigenvalue weighted by molar-refractivity contribution is 6.04. The van der Waals surface area contributed by atoms with Crippen molar-refractivity contribution in [1.29, 1.82) is 0 Å². The highest BCUT2D eigenvalue weighted by Gasteiger charge is 2.08. The fourth-order valence-corrected chi connectivity index (χ4v) is 2.07. The molecule has 5 nitrogen and oxygen atoms in total. The molecule has 0 aliphatic carbocycles. The Hall–Kier alpha value is -2.82. The van der Waals surface area contributed by atoms with Gasteiger partial charge in [0, 0.05) is 18.2 Å². The molecule has 0 fully saturated rings. The first-order valence-corrected chi connectivity index (χ1v) is 6.48. The van der Waals surface area contributed by atoms with Crippen molar-refractivity contribution in [3.05, 3.63) is 53.9 Å². The summed E-state index contributed by atoms with van der Waals surface area (Å²) in [5, 5.41) is 2.84. The van der Waals surface area contributed by atoms with Crippen molar-refractivity contribution >= 4 is 22.7 Å². The minimum atomic E-state index is -0.183. The Morgan fingerprint density at radius 1 is 1.19 bits per heavy atom. The fourth-order valence-electron chi connectivity index (χ4n) is 2.07. The van der Waals surface area contributed by atoms with Crippen LogP contribution in [-0.2, 0) is 0 Å². The van der Waals surface area contributed by atoms with E-state index in [2.05, 4.69) is 10.3 Å². The molecule has 21 heavy (non-hydrogen) atoms. The number of anilines is 1. The van der Waals surface area contributed by atoms with Gasteiger partial charge in [-0.15, -0.1) is 0 Å². The largest absolute Gasteiger partial charge is 0.497 e. The number of nitrogens with zero attached hydrogens (tertiary/aromatic N) is 1. The van der Waals surface area contributed by atoms with Crippen molar-refractivity contribution in [2.45, 2.75) is 6.92 Å². The average Bonchev–Trinajstić information content (AvgIpc) is 2.86. The summed E-state index contributed by atoms with van der Waals surface area (Å²) in [7, 11) is 1.59. The van der Waals surface area contributed by atoms with E-state index in [1.807, 2.05) is 0 Å². The molecule has 3 aromatic rings. The summed E-state index contributed by atoms with van der Waals surface area (Å²) in [6.07, 6.45) is 0. The second-order valence-corrected chi connectivity index (χ2v) is 4.60. The van der Waals surface area contributed by atoms with Crippen LogP contribution < -0.4 is 10.1 Å². The summed E-state index contributed by atoms with van der Waals surface area (Å²) in [5.41, 5.74) is 2.67. The molecule has 1 N–H and O–H groups in total. The van der Waals surface area contributed by atoms with Crippen LogP contribution in [0.3, 0.4) is 0 Å². The molecule has 2 aromatic carbocycles. The molecule has 1 aromatic heterocycles. The number of ether oxygens (including phenoxy) is 1. The lowest BCUT2D eigenvalue weighted by atomic mass is 10.2. The Bertz CT molecular complexity index is 791. The summed E-state index contributed by atoms with van der Waals surface area (Å²) < 4.78 is 10.5.